The van der Waals surface area contributed by atoms with Crippen molar-refractivity contribution in [2.45, 2.75) is 59.2 Å². The fraction of sp³-hybridized carbons (Fsp3) is 0.786. The third kappa shape index (κ3) is 7.53. The Balaban J connectivity index is 4.57. The molecule has 122 valence electrons. The van der Waals surface area contributed by atoms with Crippen LogP contribution in [0.1, 0.15) is 41.5 Å². The monoisotopic (exact) mass is 302 g/mol. The first kappa shape index (κ1) is 19.2. The van der Waals surface area contributed by atoms with Gasteiger partial charge in [0.15, 0.2) is 0 Å². The fourth-order valence-corrected chi connectivity index (χ4v) is 1.45. The minimum Gasteiger partial charge on any atom is -0.467 e. The molecule has 0 unspecified atom stereocenters. The van der Waals surface area contributed by atoms with E-state index in [-0.39, 0.29) is 5.92 Å². The van der Waals surface area contributed by atoms with Gasteiger partial charge in [-0.1, -0.05) is 13.8 Å². The van der Waals surface area contributed by atoms with Crippen molar-refractivity contribution in [2.24, 2.45) is 5.92 Å². The van der Waals surface area contributed by atoms with Crippen LogP contribution < -0.4 is 10.6 Å². The van der Waals surface area contributed by atoms with Crippen LogP contribution in [0.2, 0.25) is 0 Å². The van der Waals surface area contributed by atoms with E-state index < -0.39 is 35.7 Å². The number of hydrogen-bond acceptors (Lipinski definition) is 5. The van der Waals surface area contributed by atoms with Gasteiger partial charge in [-0.25, -0.2) is 9.59 Å². The van der Waals surface area contributed by atoms with Gasteiger partial charge in [-0.2, -0.15) is 0 Å². The molecular weight excluding hydrogens is 276 g/mol. The normalized spacial score (nSPS) is 14.1. The Morgan fingerprint density at radius 2 is 1.52 bits per heavy atom. The number of carbonyl (C=O) groups is 3. The number of esters is 1. The number of carbonyl (C=O) groups excluding carboxylic acids is 3. The zero-order valence-corrected chi connectivity index (χ0v) is 13.8. The SMILES string of the molecule is COC(=O)[C@@H](NC(=O)[C@H](C)NC(=O)OC(C)(C)C)C(C)C. The van der Waals surface area contributed by atoms with Gasteiger partial charge in [0.05, 0.1) is 7.11 Å². The van der Waals surface area contributed by atoms with Gasteiger partial charge in [-0.3, -0.25) is 4.79 Å². The second-order valence-electron chi connectivity index (χ2n) is 6.12. The molecule has 0 radical (unpaired) electrons. The molecule has 0 aromatic heterocycles. The van der Waals surface area contributed by atoms with Crippen LogP contribution in [-0.4, -0.2) is 42.8 Å². The lowest BCUT2D eigenvalue weighted by Crippen LogP contribution is -2.52. The predicted molar refractivity (Wildman–Crippen MR) is 77.6 cm³/mol. The average Bonchev–Trinajstić information content (AvgIpc) is 2.31. The van der Waals surface area contributed by atoms with Crippen LogP contribution in [0.5, 0.6) is 0 Å². The Labute approximate surface area is 125 Å². The van der Waals surface area contributed by atoms with Crippen molar-refractivity contribution < 1.29 is 23.9 Å². The molecule has 2 N–H and O–H groups in total. The number of amides is 2. The summed E-state index contributed by atoms with van der Waals surface area (Å²) >= 11 is 0. The van der Waals surface area contributed by atoms with E-state index >= 15 is 0 Å². The molecule has 0 rings (SSSR count). The third-order valence-electron chi connectivity index (χ3n) is 2.55. The zero-order chi connectivity index (χ0) is 16.8. The fourth-order valence-electron chi connectivity index (χ4n) is 1.45. The number of methoxy groups -OCH3 is 1. The highest BCUT2D eigenvalue weighted by Crippen LogP contribution is 2.07. The summed E-state index contributed by atoms with van der Waals surface area (Å²) in [5, 5.41) is 4.96. The van der Waals surface area contributed by atoms with Crippen LogP contribution in [0.4, 0.5) is 4.79 Å². The van der Waals surface area contributed by atoms with Gasteiger partial charge >= 0.3 is 12.1 Å². The first-order valence-electron chi connectivity index (χ1n) is 6.85. The molecule has 0 aliphatic heterocycles. The van der Waals surface area contributed by atoms with Gasteiger partial charge in [0.2, 0.25) is 5.91 Å². The summed E-state index contributed by atoms with van der Waals surface area (Å²) in [6.07, 6.45) is -0.690. The van der Waals surface area contributed by atoms with Crippen molar-refractivity contribution in [3.8, 4) is 0 Å². The Morgan fingerprint density at radius 3 is 1.90 bits per heavy atom. The van der Waals surface area contributed by atoms with E-state index in [1.165, 1.54) is 14.0 Å². The molecule has 0 aliphatic carbocycles. The molecule has 7 heteroatoms. The molecule has 2 atom stereocenters. The van der Waals surface area contributed by atoms with Crippen LogP contribution in [0.15, 0.2) is 0 Å². The van der Waals surface area contributed by atoms with Gasteiger partial charge in [0.1, 0.15) is 17.7 Å². The van der Waals surface area contributed by atoms with Crippen molar-refractivity contribution in [1.29, 1.82) is 0 Å². The number of rotatable bonds is 5. The maximum atomic E-state index is 12.0. The van der Waals surface area contributed by atoms with Gasteiger partial charge in [0, 0.05) is 0 Å². The van der Waals surface area contributed by atoms with E-state index in [0.29, 0.717) is 0 Å². The molecule has 0 aliphatic rings. The van der Waals surface area contributed by atoms with E-state index in [2.05, 4.69) is 15.4 Å². The molecule has 0 fully saturated rings. The number of hydrogen-bond donors (Lipinski definition) is 2. The minimum absolute atomic E-state index is 0.130. The standard InChI is InChI=1S/C14H26N2O5/c1-8(2)10(12(18)20-7)16-11(17)9(3)15-13(19)21-14(4,5)6/h8-10H,1-7H3,(H,15,19)(H,16,17)/t9-,10-/m0/s1. The molecule has 0 bridgehead atoms. The highest BCUT2D eigenvalue weighted by molar-refractivity contribution is 5.89. The van der Waals surface area contributed by atoms with Crippen LogP contribution in [0, 0.1) is 5.92 Å². The summed E-state index contributed by atoms with van der Waals surface area (Å²) in [7, 11) is 1.26. The van der Waals surface area contributed by atoms with Crippen molar-refractivity contribution in [2.75, 3.05) is 7.11 Å². The Hall–Kier alpha value is -1.79. The molecule has 0 heterocycles. The first-order chi connectivity index (χ1) is 9.47. The summed E-state index contributed by atoms with van der Waals surface area (Å²) < 4.78 is 9.69. The van der Waals surface area contributed by atoms with Crippen molar-refractivity contribution in [3.05, 3.63) is 0 Å². The predicted octanol–water partition coefficient (Wildman–Crippen LogP) is 1.21. The van der Waals surface area contributed by atoms with Crippen LogP contribution in [-0.2, 0) is 19.1 Å². The average molecular weight is 302 g/mol. The molecule has 0 spiro atoms. The van der Waals surface area contributed by atoms with Crippen LogP contribution >= 0.6 is 0 Å². The topological polar surface area (TPSA) is 93.7 Å². The second-order valence-corrected chi connectivity index (χ2v) is 6.12. The molecule has 0 aromatic rings. The van der Waals surface area contributed by atoms with Gasteiger partial charge in [-0.05, 0) is 33.6 Å². The van der Waals surface area contributed by atoms with E-state index in [1.807, 2.05) is 0 Å². The summed E-state index contributed by atoms with van der Waals surface area (Å²) in [5.41, 5.74) is -0.646. The van der Waals surface area contributed by atoms with E-state index in [0.717, 1.165) is 0 Å². The van der Waals surface area contributed by atoms with Gasteiger partial charge in [-0.15, -0.1) is 0 Å². The lowest BCUT2D eigenvalue weighted by Gasteiger charge is -2.24. The van der Waals surface area contributed by atoms with E-state index in [9.17, 15) is 14.4 Å². The number of nitrogens with one attached hydrogen (secondary N) is 2. The van der Waals surface area contributed by atoms with Crippen LogP contribution in [0.25, 0.3) is 0 Å². The molecule has 0 saturated carbocycles. The van der Waals surface area contributed by atoms with E-state index in [4.69, 9.17) is 4.74 Å². The third-order valence-corrected chi connectivity index (χ3v) is 2.55. The van der Waals surface area contributed by atoms with Crippen molar-refractivity contribution in [1.82, 2.24) is 10.6 Å². The molecule has 7 nitrogen and oxygen atoms in total. The first-order valence-corrected chi connectivity index (χ1v) is 6.85. The molecule has 0 saturated heterocycles. The summed E-state index contributed by atoms with van der Waals surface area (Å²) in [4.78, 5) is 35.1. The summed E-state index contributed by atoms with van der Waals surface area (Å²) in [6, 6.07) is -1.59. The molecular formula is C14H26N2O5. The maximum Gasteiger partial charge on any atom is 0.408 e. The van der Waals surface area contributed by atoms with Crippen LogP contribution in [0.3, 0.4) is 0 Å². The highest BCUT2D eigenvalue weighted by atomic mass is 16.6. The van der Waals surface area contributed by atoms with E-state index in [1.54, 1.807) is 34.6 Å². The van der Waals surface area contributed by atoms with Gasteiger partial charge < -0.3 is 20.1 Å². The van der Waals surface area contributed by atoms with Crippen molar-refractivity contribution in [3.63, 3.8) is 0 Å². The molecule has 2 amide bonds. The number of alkyl carbamates (subject to hydrolysis) is 1. The lowest BCUT2D eigenvalue weighted by atomic mass is 10.0. The minimum atomic E-state index is -0.828. The quantitative estimate of drug-likeness (QED) is 0.745. The maximum absolute atomic E-state index is 12.0. The van der Waals surface area contributed by atoms with Gasteiger partial charge in [0.25, 0.3) is 0 Å². The molecule has 0 aromatic carbocycles. The number of ether oxygens (including phenoxy) is 2. The Bertz CT molecular complexity index is 387. The Kier molecular flexibility index (Phi) is 7.18. The Morgan fingerprint density at radius 1 is 1.00 bits per heavy atom. The summed E-state index contributed by atoms with van der Waals surface area (Å²) in [5.74, 6) is -1.14. The second kappa shape index (κ2) is 7.85. The van der Waals surface area contributed by atoms with Crippen molar-refractivity contribution >= 4 is 18.0 Å². The smallest absolute Gasteiger partial charge is 0.408 e. The largest absolute Gasteiger partial charge is 0.467 e. The molecule has 21 heavy (non-hydrogen) atoms. The summed E-state index contributed by atoms with van der Waals surface area (Å²) in [6.45, 7) is 10.3. The highest BCUT2D eigenvalue weighted by Gasteiger charge is 2.28. The lowest BCUT2D eigenvalue weighted by molar-refractivity contribution is -0.146. The zero-order valence-electron chi connectivity index (χ0n) is 13.8.